The van der Waals surface area contributed by atoms with Crippen LogP contribution in [0.15, 0.2) is 65.7 Å². The van der Waals surface area contributed by atoms with Crippen molar-refractivity contribution in [2.24, 2.45) is 4.99 Å². The predicted molar refractivity (Wildman–Crippen MR) is 90.7 cm³/mol. The number of methoxy groups -OCH3 is 2. The second-order valence-electron chi connectivity index (χ2n) is 4.87. The van der Waals surface area contributed by atoms with Crippen molar-refractivity contribution in [3.05, 3.63) is 66.2 Å². The Bertz CT molecular complexity index is 819. The summed E-state index contributed by atoms with van der Waals surface area (Å²) in [6.45, 7) is 0. The first-order valence-electron chi connectivity index (χ1n) is 7.05. The predicted octanol–water partition coefficient (Wildman–Crippen LogP) is 4.61. The summed E-state index contributed by atoms with van der Waals surface area (Å²) in [4.78, 5) is 4.55. The summed E-state index contributed by atoms with van der Waals surface area (Å²) in [5.74, 6) is 1.38. The van der Waals surface area contributed by atoms with E-state index >= 15 is 0 Å². The van der Waals surface area contributed by atoms with Crippen molar-refractivity contribution in [2.75, 3.05) is 14.2 Å². The second-order valence-corrected chi connectivity index (χ2v) is 4.87. The summed E-state index contributed by atoms with van der Waals surface area (Å²) in [5, 5.41) is 2.40. The van der Waals surface area contributed by atoms with Crippen LogP contribution >= 0.6 is 0 Å². The van der Waals surface area contributed by atoms with Crippen LogP contribution in [0.1, 0.15) is 5.56 Å². The van der Waals surface area contributed by atoms with E-state index in [-0.39, 0.29) is 0 Å². The van der Waals surface area contributed by atoms with Crippen LogP contribution in [-0.4, -0.2) is 20.4 Å². The maximum atomic E-state index is 5.30. The van der Waals surface area contributed by atoms with E-state index in [1.807, 2.05) is 42.6 Å². The van der Waals surface area contributed by atoms with E-state index < -0.39 is 0 Å². The topological polar surface area (TPSA) is 30.8 Å². The van der Waals surface area contributed by atoms with Crippen molar-refractivity contribution in [3.8, 4) is 11.5 Å². The molecule has 0 saturated carbocycles. The number of fused-ring (bicyclic) bond motifs is 1. The summed E-state index contributed by atoms with van der Waals surface area (Å²) in [6.07, 6.45) is 1.88. The van der Waals surface area contributed by atoms with Crippen molar-refractivity contribution in [3.63, 3.8) is 0 Å². The highest BCUT2D eigenvalue weighted by Gasteiger charge is 2.03. The van der Waals surface area contributed by atoms with E-state index in [1.54, 1.807) is 14.2 Å². The van der Waals surface area contributed by atoms with Crippen LogP contribution in [0.3, 0.4) is 0 Å². The Morgan fingerprint density at radius 1 is 0.818 bits per heavy atom. The number of aliphatic imine (C=N–C) groups is 1. The van der Waals surface area contributed by atoms with Gasteiger partial charge in [0.15, 0.2) is 11.5 Å². The Hall–Kier alpha value is -2.81. The highest BCUT2D eigenvalue weighted by Crippen LogP contribution is 2.31. The van der Waals surface area contributed by atoms with Crippen molar-refractivity contribution >= 4 is 22.7 Å². The Labute approximate surface area is 129 Å². The Morgan fingerprint density at radius 2 is 1.59 bits per heavy atom. The fourth-order valence-corrected chi connectivity index (χ4v) is 2.41. The minimum Gasteiger partial charge on any atom is -0.493 e. The summed E-state index contributed by atoms with van der Waals surface area (Å²) in [7, 11) is 3.24. The molecule has 3 aromatic carbocycles. The molecule has 0 aromatic heterocycles. The molecule has 0 aliphatic heterocycles. The van der Waals surface area contributed by atoms with Crippen molar-refractivity contribution in [1.82, 2.24) is 0 Å². The molecule has 0 saturated heterocycles. The summed E-state index contributed by atoms with van der Waals surface area (Å²) < 4.78 is 10.5. The zero-order valence-corrected chi connectivity index (χ0v) is 12.6. The highest BCUT2D eigenvalue weighted by molar-refractivity contribution is 6.00. The highest BCUT2D eigenvalue weighted by atomic mass is 16.5. The minimum atomic E-state index is 0.676. The third-order valence-corrected chi connectivity index (χ3v) is 3.54. The number of benzene rings is 3. The van der Waals surface area contributed by atoms with Gasteiger partial charge in [-0.2, -0.15) is 0 Å². The maximum Gasteiger partial charge on any atom is 0.162 e. The number of ether oxygens (including phenoxy) is 2. The van der Waals surface area contributed by atoms with Crippen LogP contribution in [0.5, 0.6) is 11.5 Å². The second kappa shape index (κ2) is 6.31. The molecule has 0 spiro atoms. The Kier molecular flexibility index (Phi) is 4.05. The van der Waals surface area contributed by atoms with Gasteiger partial charge in [0.2, 0.25) is 0 Å². The van der Waals surface area contributed by atoms with Gasteiger partial charge in [-0.05, 0) is 22.9 Å². The maximum absolute atomic E-state index is 5.30. The molecule has 0 bridgehead atoms. The van der Waals surface area contributed by atoms with E-state index in [0.717, 1.165) is 11.3 Å². The van der Waals surface area contributed by atoms with Crippen LogP contribution in [0.4, 0.5) is 5.69 Å². The largest absolute Gasteiger partial charge is 0.493 e. The standard InChI is InChI=1S/C19H17NO2/c1-21-18-11-10-16(12-19(18)22-2)20-13-15-8-5-7-14-6-3-4-9-17(14)15/h3-13H,1-2H3. The first-order chi connectivity index (χ1) is 10.8. The zero-order valence-electron chi connectivity index (χ0n) is 12.6. The van der Waals surface area contributed by atoms with Crippen LogP contribution < -0.4 is 9.47 Å². The lowest BCUT2D eigenvalue weighted by molar-refractivity contribution is 0.355. The van der Waals surface area contributed by atoms with E-state index in [9.17, 15) is 0 Å². The molecule has 0 aliphatic rings. The van der Waals surface area contributed by atoms with Gasteiger partial charge < -0.3 is 9.47 Å². The molecule has 0 heterocycles. The molecular weight excluding hydrogens is 274 g/mol. The van der Waals surface area contributed by atoms with Gasteiger partial charge in [-0.1, -0.05) is 42.5 Å². The van der Waals surface area contributed by atoms with Gasteiger partial charge in [0.25, 0.3) is 0 Å². The molecule has 0 amide bonds. The van der Waals surface area contributed by atoms with Crippen LogP contribution in [0.2, 0.25) is 0 Å². The molecule has 0 unspecified atom stereocenters. The Morgan fingerprint density at radius 3 is 2.41 bits per heavy atom. The first-order valence-corrected chi connectivity index (χ1v) is 7.05. The van der Waals surface area contributed by atoms with Gasteiger partial charge in [0, 0.05) is 17.8 Å². The third kappa shape index (κ3) is 2.79. The number of nitrogens with zero attached hydrogens (tertiary/aromatic N) is 1. The minimum absolute atomic E-state index is 0.676. The van der Waals surface area contributed by atoms with Gasteiger partial charge in [0.05, 0.1) is 19.9 Å². The molecule has 3 aromatic rings. The molecule has 3 nitrogen and oxygen atoms in total. The number of hydrogen-bond acceptors (Lipinski definition) is 3. The molecular formula is C19H17NO2. The molecule has 0 aliphatic carbocycles. The van der Waals surface area contributed by atoms with Crippen molar-refractivity contribution in [1.29, 1.82) is 0 Å². The number of rotatable bonds is 4. The quantitative estimate of drug-likeness (QED) is 0.657. The van der Waals surface area contributed by atoms with E-state index in [1.165, 1.54) is 10.8 Å². The normalized spacial score (nSPS) is 11.0. The van der Waals surface area contributed by atoms with Crippen LogP contribution in [-0.2, 0) is 0 Å². The molecule has 0 atom stereocenters. The van der Waals surface area contributed by atoms with Gasteiger partial charge in [0.1, 0.15) is 0 Å². The molecule has 3 rings (SSSR count). The fraction of sp³-hybridized carbons (Fsp3) is 0.105. The molecule has 0 N–H and O–H groups in total. The zero-order chi connectivity index (χ0) is 15.4. The van der Waals surface area contributed by atoms with E-state index in [4.69, 9.17) is 9.47 Å². The lowest BCUT2D eigenvalue weighted by Gasteiger charge is -2.07. The average Bonchev–Trinajstić information content (AvgIpc) is 2.59. The Balaban J connectivity index is 1.96. The fourth-order valence-electron chi connectivity index (χ4n) is 2.41. The first kappa shape index (κ1) is 14.1. The SMILES string of the molecule is COc1ccc(N=Cc2cccc3ccccc23)cc1OC. The monoisotopic (exact) mass is 291 g/mol. The van der Waals surface area contributed by atoms with Crippen LogP contribution in [0.25, 0.3) is 10.8 Å². The van der Waals surface area contributed by atoms with Gasteiger partial charge in [-0.25, -0.2) is 0 Å². The molecule has 22 heavy (non-hydrogen) atoms. The molecule has 110 valence electrons. The molecule has 0 fully saturated rings. The lowest BCUT2D eigenvalue weighted by Crippen LogP contribution is -1.89. The van der Waals surface area contributed by atoms with E-state index in [2.05, 4.69) is 29.3 Å². The van der Waals surface area contributed by atoms with Crippen molar-refractivity contribution < 1.29 is 9.47 Å². The van der Waals surface area contributed by atoms with E-state index in [0.29, 0.717) is 11.5 Å². The molecule has 0 radical (unpaired) electrons. The third-order valence-electron chi connectivity index (χ3n) is 3.54. The average molecular weight is 291 g/mol. The van der Waals surface area contributed by atoms with Gasteiger partial charge >= 0.3 is 0 Å². The lowest BCUT2D eigenvalue weighted by atomic mass is 10.1. The number of hydrogen-bond donors (Lipinski definition) is 0. The summed E-state index contributed by atoms with van der Waals surface area (Å²) >= 11 is 0. The smallest absolute Gasteiger partial charge is 0.162 e. The van der Waals surface area contributed by atoms with Gasteiger partial charge in [-0.3, -0.25) is 4.99 Å². The summed E-state index contributed by atoms with van der Waals surface area (Å²) in [6, 6.07) is 20.1. The summed E-state index contributed by atoms with van der Waals surface area (Å²) in [5.41, 5.74) is 1.92. The van der Waals surface area contributed by atoms with Gasteiger partial charge in [-0.15, -0.1) is 0 Å². The molecule has 3 heteroatoms. The van der Waals surface area contributed by atoms with Crippen LogP contribution in [0, 0.1) is 0 Å². The van der Waals surface area contributed by atoms with Crippen molar-refractivity contribution in [2.45, 2.75) is 0 Å².